The van der Waals surface area contributed by atoms with E-state index in [4.69, 9.17) is 37.0 Å². The number of aliphatic hydroxyl groups is 1. The fourth-order valence-electron chi connectivity index (χ4n) is 10.9. The van der Waals surface area contributed by atoms with Gasteiger partial charge in [0, 0.05) is 25.7 Å². The molecule has 5 atom stereocenters. The van der Waals surface area contributed by atoms with Crippen LogP contribution >= 0.6 is 15.6 Å². The highest BCUT2D eigenvalue weighted by Gasteiger charge is 2.30. The van der Waals surface area contributed by atoms with E-state index in [1.807, 2.05) is 0 Å². The van der Waals surface area contributed by atoms with Crippen molar-refractivity contribution in [1.29, 1.82) is 0 Å². The number of hydrogen-bond acceptors (Lipinski definition) is 15. The van der Waals surface area contributed by atoms with Gasteiger partial charge in [-0.25, -0.2) is 9.13 Å². The number of esters is 4. The van der Waals surface area contributed by atoms with Gasteiger partial charge in [-0.1, -0.05) is 323 Å². The lowest BCUT2D eigenvalue weighted by Gasteiger charge is -2.21. The van der Waals surface area contributed by atoms with Crippen molar-refractivity contribution in [1.82, 2.24) is 0 Å². The third-order valence-electron chi connectivity index (χ3n) is 16.6. The Hall–Kier alpha value is -1.94. The third-order valence-corrected chi connectivity index (χ3v) is 18.5. The van der Waals surface area contributed by atoms with Gasteiger partial charge in [0.25, 0.3) is 0 Å². The number of aliphatic hydroxyl groups excluding tert-OH is 1. The lowest BCUT2D eigenvalue weighted by Crippen LogP contribution is -2.30. The van der Waals surface area contributed by atoms with E-state index in [9.17, 15) is 43.2 Å². The first-order valence-corrected chi connectivity index (χ1v) is 40.3. The zero-order valence-electron chi connectivity index (χ0n) is 58.1. The maximum atomic E-state index is 13.0. The summed E-state index contributed by atoms with van der Waals surface area (Å²) in [6.45, 7) is 4.86. The monoisotopic (exact) mass is 1320 g/mol. The average molecular weight is 1330 g/mol. The highest BCUT2D eigenvalue weighted by molar-refractivity contribution is 7.47. The highest BCUT2D eigenvalue weighted by Crippen LogP contribution is 2.45. The highest BCUT2D eigenvalue weighted by atomic mass is 31.2. The van der Waals surface area contributed by atoms with Crippen molar-refractivity contribution < 1.29 is 80.2 Å². The molecule has 0 amide bonds. The van der Waals surface area contributed by atoms with Crippen LogP contribution in [0.1, 0.15) is 374 Å². The van der Waals surface area contributed by atoms with Gasteiger partial charge >= 0.3 is 39.5 Å². The first kappa shape index (κ1) is 88.1. The number of carbonyl (C=O) groups is 4. The Kier molecular flexibility index (Phi) is 64.3. The summed E-state index contributed by atoms with van der Waals surface area (Å²) in [5.41, 5.74) is 0. The first-order valence-electron chi connectivity index (χ1n) is 37.3. The Morgan fingerprint density at radius 2 is 0.444 bits per heavy atom. The van der Waals surface area contributed by atoms with Crippen LogP contribution < -0.4 is 0 Å². The Bertz CT molecular complexity index is 1720. The lowest BCUT2D eigenvalue weighted by atomic mass is 10.0. The maximum absolute atomic E-state index is 13.0. The van der Waals surface area contributed by atoms with Crippen LogP contribution in [0.4, 0.5) is 0 Å². The molecule has 0 saturated carbocycles. The molecule has 0 aliphatic carbocycles. The molecule has 17 nitrogen and oxygen atoms in total. The number of unbranched alkanes of at least 4 members (excludes halogenated alkanes) is 46. The molecular weight excluding hydrogens is 1190 g/mol. The summed E-state index contributed by atoms with van der Waals surface area (Å²) in [7, 11) is -9.89. The molecule has 0 rings (SSSR count). The van der Waals surface area contributed by atoms with Crippen LogP contribution in [0.2, 0.25) is 0 Å². The predicted molar refractivity (Wildman–Crippen MR) is 363 cm³/mol. The van der Waals surface area contributed by atoms with Crippen molar-refractivity contribution in [2.45, 2.75) is 393 Å². The standard InChI is InChI=1S/C71H138O17P2/c1-5-9-13-17-20-23-26-29-30-31-32-33-34-35-36-37-40-43-46-50-54-58-71(76)88-67(62-82-69(74)56-52-48-44-41-38-27-24-21-18-14-10-6-2)64-86-90(79,80)84-60-65(72)59-83-89(77,78)85-63-66(61-81-68(73)55-51-47-16-12-8-4)87-70(75)57-53-49-45-42-39-28-25-22-19-15-11-7-3/h65-67,72H,5-64H2,1-4H3,(H,77,78)(H,79,80)/t65-,66+,67+/m0/s1. The summed E-state index contributed by atoms with van der Waals surface area (Å²) in [5.74, 6) is -2.13. The Labute approximate surface area is 549 Å². The average Bonchev–Trinajstić information content (AvgIpc) is 3.71. The first-order chi connectivity index (χ1) is 43.7. The summed E-state index contributed by atoms with van der Waals surface area (Å²) >= 11 is 0. The van der Waals surface area contributed by atoms with Crippen molar-refractivity contribution in [3.8, 4) is 0 Å². The van der Waals surface area contributed by atoms with Crippen LogP contribution in [0.5, 0.6) is 0 Å². The zero-order chi connectivity index (χ0) is 66.1. The molecule has 0 aromatic heterocycles. The number of phosphoric acid groups is 2. The van der Waals surface area contributed by atoms with Crippen LogP contribution in [0.3, 0.4) is 0 Å². The number of phosphoric ester groups is 2. The molecule has 90 heavy (non-hydrogen) atoms. The molecule has 3 N–H and O–H groups in total. The van der Waals surface area contributed by atoms with Crippen molar-refractivity contribution >= 4 is 39.5 Å². The van der Waals surface area contributed by atoms with Gasteiger partial charge in [-0.2, -0.15) is 0 Å². The summed E-state index contributed by atoms with van der Waals surface area (Å²) in [6, 6.07) is 0. The fourth-order valence-corrected chi connectivity index (χ4v) is 12.4. The normalized spacial score (nSPS) is 14.0. The molecule has 0 saturated heterocycles. The van der Waals surface area contributed by atoms with Crippen molar-refractivity contribution in [2.75, 3.05) is 39.6 Å². The van der Waals surface area contributed by atoms with E-state index in [2.05, 4.69) is 27.7 Å². The molecular formula is C71H138O17P2. The van der Waals surface area contributed by atoms with Gasteiger partial charge in [-0.05, 0) is 25.7 Å². The quantitative estimate of drug-likeness (QED) is 0.0222. The molecule has 0 radical (unpaired) electrons. The molecule has 0 aliphatic rings. The SMILES string of the molecule is CCCCCCCCCCCCCCCCCCCCCCCC(=O)O[C@H](COC(=O)CCCCCCCCCCCCCC)COP(=O)(O)OC[C@@H](O)COP(=O)(O)OC[C@@H](COC(=O)CCCCCCC)OC(=O)CCCCCCCCCCCCCC. The predicted octanol–water partition coefficient (Wildman–Crippen LogP) is 20.7. The van der Waals surface area contributed by atoms with E-state index < -0.39 is 97.5 Å². The second-order valence-electron chi connectivity index (χ2n) is 25.6. The Balaban J connectivity index is 5.09. The van der Waals surface area contributed by atoms with Gasteiger partial charge in [-0.3, -0.25) is 37.3 Å². The minimum atomic E-state index is -4.95. The molecule has 19 heteroatoms. The number of ether oxygens (including phenoxy) is 4. The van der Waals surface area contributed by atoms with Gasteiger partial charge in [0.05, 0.1) is 26.4 Å². The van der Waals surface area contributed by atoms with E-state index in [0.29, 0.717) is 25.7 Å². The van der Waals surface area contributed by atoms with E-state index in [1.54, 1.807) is 0 Å². The molecule has 0 spiro atoms. The smallest absolute Gasteiger partial charge is 0.462 e. The molecule has 2 unspecified atom stereocenters. The van der Waals surface area contributed by atoms with Crippen LogP contribution in [-0.2, 0) is 65.4 Å². The Morgan fingerprint density at radius 3 is 0.656 bits per heavy atom. The van der Waals surface area contributed by atoms with Gasteiger partial charge in [0.2, 0.25) is 0 Å². The number of carbonyl (C=O) groups excluding carboxylic acids is 4. The van der Waals surface area contributed by atoms with E-state index in [1.165, 1.54) is 199 Å². The molecule has 0 heterocycles. The largest absolute Gasteiger partial charge is 0.472 e. The molecule has 0 bridgehead atoms. The summed E-state index contributed by atoms with van der Waals surface area (Å²) in [4.78, 5) is 72.3. The molecule has 0 fully saturated rings. The van der Waals surface area contributed by atoms with Crippen LogP contribution in [-0.4, -0.2) is 96.7 Å². The maximum Gasteiger partial charge on any atom is 0.472 e. The minimum absolute atomic E-state index is 0.107. The van der Waals surface area contributed by atoms with Gasteiger partial charge in [-0.15, -0.1) is 0 Å². The van der Waals surface area contributed by atoms with Crippen LogP contribution in [0, 0.1) is 0 Å². The number of hydrogen-bond donors (Lipinski definition) is 3. The second-order valence-corrected chi connectivity index (χ2v) is 28.5. The summed E-state index contributed by atoms with van der Waals surface area (Å²) in [5, 5.41) is 10.6. The molecule has 0 aliphatic heterocycles. The van der Waals surface area contributed by atoms with Crippen LogP contribution in [0.25, 0.3) is 0 Å². The van der Waals surface area contributed by atoms with Gasteiger partial charge in [0.15, 0.2) is 12.2 Å². The van der Waals surface area contributed by atoms with Gasteiger partial charge < -0.3 is 33.8 Å². The van der Waals surface area contributed by atoms with E-state index in [-0.39, 0.29) is 25.7 Å². The molecule has 0 aromatic rings. The lowest BCUT2D eigenvalue weighted by molar-refractivity contribution is -0.161. The minimum Gasteiger partial charge on any atom is -0.462 e. The molecule has 534 valence electrons. The second kappa shape index (κ2) is 65.7. The zero-order valence-corrected chi connectivity index (χ0v) is 59.9. The van der Waals surface area contributed by atoms with E-state index in [0.717, 1.165) is 96.3 Å². The third kappa shape index (κ3) is 64.8. The Morgan fingerprint density at radius 1 is 0.267 bits per heavy atom. The fraction of sp³-hybridized carbons (Fsp3) is 0.944. The van der Waals surface area contributed by atoms with Crippen molar-refractivity contribution in [3.63, 3.8) is 0 Å². The van der Waals surface area contributed by atoms with E-state index >= 15 is 0 Å². The summed E-state index contributed by atoms with van der Waals surface area (Å²) in [6.07, 6.45) is 54.5. The van der Waals surface area contributed by atoms with Crippen LogP contribution in [0.15, 0.2) is 0 Å². The molecule has 0 aromatic carbocycles. The van der Waals surface area contributed by atoms with Crippen molar-refractivity contribution in [2.24, 2.45) is 0 Å². The van der Waals surface area contributed by atoms with Gasteiger partial charge in [0.1, 0.15) is 19.3 Å². The topological polar surface area (TPSA) is 237 Å². The van der Waals surface area contributed by atoms with Crippen molar-refractivity contribution in [3.05, 3.63) is 0 Å². The number of rotatable bonds is 72. The summed E-state index contributed by atoms with van der Waals surface area (Å²) < 4.78 is 68.1.